The SMILES string of the molecule is CC(C)CCNC(=O)C1CCC2CCCCC2N1. The van der Waals surface area contributed by atoms with Crippen LogP contribution in [0.25, 0.3) is 0 Å². The summed E-state index contributed by atoms with van der Waals surface area (Å²) in [4.78, 5) is 12.1. The third kappa shape index (κ3) is 3.71. The number of hydrogen-bond acceptors (Lipinski definition) is 2. The highest BCUT2D eigenvalue weighted by Crippen LogP contribution is 2.32. The molecule has 2 aliphatic rings. The Hall–Kier alpha value is -0.570. The number of carbonyl (C=O) groups excluding carboxylic acids is 1. The van der Waals surface area contributed by atoms with E-state index in [9.17, 15) is 4.79 Å². The highest BCUT2D eigenvalue weighted by molar-refractivity contribution is 5.81. The molecule has 1 amide bonds. The lowest BCUT2D eigenvalue weighted by Gasteiger charge is -2.39. The molecule has 0 aromatic rings. The normalized spacial score (nSPS) is 32.1. The monoisotopic (exact) mass is 252 g/mol. The Morgan fingerprint density at radius 3 is 2.78 bits per heavy atom. The Labute approximate surface area is 111 Å². The van der Waals surface area contributed by atoms with Gasteiger partial charge in [0.1, 0.15) is 0 Å². The van der Waals surface area contributed by atoms with Crippen LogP contribution in [0.5, 0.6) is 0 Å². The Morgan fingerprint density at radius 1 is 1.22 bits per heavy atom. The summed E-state index contributed by atoms with van der Waals surface area (Å²) in [5, 5.41) is 6.66. The average molecular weight is 252 g/mol. The maximum Gasteiger partial charge on any atom is 0.237 e. The van der Waals surface area contributed by atoms with E-state index in [2.05, 4.69) is 24.5 Å². The van der Waals surface area contributed by atoms with Gasteiger partial charge in [-0.15, -0.1) is 0 Å². The van der Waals surface area contributed by atoms with E-state index in [0.717, 1.165) is 25.3 Å². The van der Waals surface area contributed by atoms with Crippen LogP contribution in [-0.2, 0) is 4.79 Å². The minimum atomic E-state index is 0.0662. The zero-order valence-electron chi connectivity index (χ0n) is 11.9. The number of carbonyl (C=O) groups is 1. The molecule has 0 spiro atoms. The number of amides is 1. The molecule has 0 aromatic heterocycles. The zero-order chi connectivity index (χ0) is 13.0. The van der Waals surface area contributed by atoms with Gasteiger partial charge in [0, 0.05) is 12.6 Å². The van der Waals surface area contributed by atoms with Gasteiger partial charge in [-0.2, -0.15) is 0 Å². The van der Waals surface area contributed by atoms with Crippen LogP contribution in [0, 0.1) is 11.8 Å². The molecule has 2 rings (SSSR count). The molecule has 2 fully saturated rings. The van der Waals surface area contributed by atoms with Crippen molar-refractivity contribution in [2.75, 3.05) is 6.54 Å². The van der Waals surface area contributed by atoms with Crippen LogP contribution >= 0.6 is 0 Å². The Morgan fingerprint density at radius 2 is 2.00 bits per heavy atom. The van der Waals surface area contributed by atoms with E-state index in [0.29, 0.717) is 12.0 Å². The van der Waals surface area contributed by atoms with Crippen LogP contribution in [0.2, 0.25) is 0 Å². The molecule has 18 heavy (non-hydrogen) atoms. The number of fused-ring (bicyclic) bond motifs is 1. The molecule has 0 radical (unpaired) electrons. The van der Waals surface area contributed by atoms with E-state index in [1.807, 2.05) is 0 Å². The van der Waals surface area contributed by atoms with Crippen LogP contribution in [0.1, 0.15) is 58.8 Å². The van der Waals surface area contributed by atoms with E-state index in [4.69, 9.17) is 0 Å². The summed E-state index contributed by atoms with van der Waals surface area (Å²) < 4.78 is 0. The highest BCUT2D eigenvalue weighted by atomic mass is 16.2. The van der Waals surface area contributed by atoms with Crippen LogP contribution in [-0.4, -0.2) is 24.5 Å². The molecular formula is C15H28N2O. The first-order chi connectivity index (χ1) is 8.66. The van der Waals surface area contributed by atoms with Gasteiger partial charge < -0.3 is 10.6 Å². The molecular weight excluding hydrogens is 224 g/mol. The first-order valence-electron chi connectivity index (χ1n) is 7.70. The Balaban J connectivity index is 1.74. The molecule has 1 heterocycles. The van der Waals surface area contributed by atoms with Crippen molar-refractivity contribution in [3.63, 3.8) is 0 Å². The van der Waals surface area contributed by atoms with Crippen molar-refractivity contribution in [1.82, 2.24) is 10.6 Å². The summed E-state index contributed by atoms with van der Waals surface area (Å²) in [5.41, 5.74) is 0. The lowest BCUT2D eigenvalue weighted by Crippen LogP contribution is -2.55. The van der Waals surface area contributed by atoms with Gasteiger partial charge in [0.05, 0.1) is 6.04 Å². The van der Waals surface area contributed by atoms with E-state index in [-0.39, 0.29) is 11.9 Å². The summed E-state index contributed by atoms with van der Waals surface area (Å²) in [6, 6.07) is 0.671. The van der Waals surface area contributed by atoms with Gasteiger partial charge in [-0.1, -0.05) is 26.7 Å². The van der Waals surface area contributed by atoms with Crippen molar-refractivity contribution >= 4 is 5.91 Å². The van der Waals surface area contributed by atoms with Gasteiger partial charge in [-0.05, 0) is 43.9 Å². The van der Waals surface area contributed by atoms with Crippen LogP contribution in [0.4, 0.5) is 0 Å². The maximum absolute atomic E-state index is 12.1. The van der Waals surface area contributed by atoms with Crippen LogP contribution < -0.4 is 10.6 Å². The standard InChI is InChI=1S/C15H28N2O/c1-11(2)9-10-16-15(18)14-8-7-12-5-3-4-6-13(12)17-14/h11-14,17H,3-10H2,1-2H3,(H,16,18). The van der Waals surface area contributed by atoms with Gasteiger partial charge >= 0.3 is 0 Å². The van der Waals surface area contributed by atoms with Crippen LogP contribution in [0.3, 0.4) is 0 Å². The number of hydrogen-bond donors (Lipinski definition) is 2. The second kappa shape index (κ2) is 6.55. The smallest absolute Gasteiger partial charge is 0.237 e. The summed E-state index contributed by atoms with van der Waals surface area (Å²) in [6.45, 7) is 5.21. The van der Waals surface area contributed by atoms with Gasteiger partial charge in [0.25, 0.3) is 0 Å². The van der Waals surface area contributed by atoms with Crippen molar-refractivity contribution in [3.8, 4) is 0 Å². The van der Waals surface area contributed by atoms with E-state index in [1.165, 1.54) is 32.1 Å². The number of piperidine rings is 1. The minimum absolute atomic E-state index is 0.0662. The average Bonchev–Trinajstić information content (AvgIpc) is 2.37. The van der Waals surface area contributed by atoms with Crippen molar-refractivity contribution in [2.24, 2.45) is 11.8 Å². The summed E-state index contributed by atoms with van der Waals surface area (Å²) in [7, 11) is 0. The molecule has 1 aliphatic carbocycles. The van der Waals surface area contributed by atoms with E-state index in [1.54, 1.807) is 0 Å². The van der Waals surface area contributed by atoms with Crippen LogP contribution in [0.15, 0.2) is 0 Å². The second-order valence-corrected chi connectivity index (χ2v) is 6.42. The van der Waals surface area contributed by atoms with E-state index < -0.39 is 0 Å². The van der Waals surface area contributed by atoms with Gasteiger partial charge in [0.2, 0.25) is 5.91 Å². The van der Waals surface area contributed by atoms with Crippen molar-refractivity contribution in [3.05, 3.63) is 0 Å². The molecule has 0 aromatic carbocycles. The van der Waals surface area contributed by atoms with Gasteiger partial charge in [-0.25, -0.2) is 0 Å². The molecule has 104 valence electrons. The zero-order valence-corrected chi connectivity index (χ0v) is 11.9. The number of rotatable bonds is 4. The fourth-order valence-corrected chi connectivity index (χ4v) is 3.31. The lowest BCUT2D eigenvalue weighted by molar-refractivity contribution is -0.124. The third-order valence-electron chi connectivity index (χ3n) is 4.49. The molecule has 1 aliphatic heterocycles. The first kappa shape index (κ1) is 13.9. The van der Waals surface area contributed by atoms with Crippen molar-refractivity contribution in [1.29, 1.82) is 0 Å². The molecule has 0 bridgehead atoms. The molecule has 3 unspecified atom stereocenters. The molecule has 2 N–H and O–H groups in total. The fourth-order valence-electron chi connectivity index (χ4n) is 3.31. The third-order valence-corrected chi connectivity index (χ3v) is 4.49. The Bertz CT molecular complexity index is 278. The number of nitrogens with one attached hydrogen (secondary N) is 2. The van der Waals surface area contributed by atoms with Gasteiger partial charge in [-0.3, -0.25) is 4.79 Å². The summed E-state index contributed by atoms with van der Waals surface area (Å²) >= 11 is 0. The lowest BCUT2D eigenvalue weighted by atomic mass is 9.77. The molecule has 1 saturated carbocycles. The van der Waals surface area contributed by atoms with Crippen molar-refractivity contribution < 1.29 is 4.79 Å². The second-order valence-electron chi connectivity index (χ2n) is 6.42. The summed E-state index contributed by atoms with van der Waals surface area (Å²) in [5.74, 6) is 1.71. The maximum atomic E-state index is 12.1. The van der Waals surface area contributed by atoms with Crippen molar-refractivity contribution in [2.45, 2.75) is 70.9 Å². The predicted octanol–water partition coefficient (Wildman–Crippen LogP) is 2.46. The highest BCUT2D eigenvalue weighted by Gasteiger charge is 2.34. The largest absolute Gasteiger partial charge is 0.355 e. The molecule has 3 atom stereocenters. The molecule has 3 nitrogen and oxygen atoms in total. The molecule has 1 saturated heterocycles. The topological polar surface area (TPSA) is 41.1 Å². The Kier molecular flexibility index (Phi) is 5.04. The minimum Gasteiger partial charge on any atom is -0.355 e. The fraction of sp³-hybridized carbons (Fsp3) is 0.933. The first-order valence-corrected chi connectivity index (χ1v) is 7.70. The quantitative estimate of drug-likeness (QED) is 0.807. The predicted molar refractivity (Wildman–Crippen MR) is 74.4 cm³/mol. The molecule has 3 heteroatoms. The van der Waals surface area contributed by atoms with Gasteiger partial charge in [0.15, 0.2) is 0 Å². The summed E-state index contributed by atoms with van der Waals surface area (Å²) in [6.07, 6.45) is 8.67. The van der Waals surface area contributed by atoms with E-state index >= 15 is 0 Å².